The van der Waals surface area contributed by atoms with Crippen molar-refractivity contribution in [2.75, 3.05) is 0 Å². The van der Waals surface area contributed by atoms with Crippen molar-refractivity contribution in [2.24, 2.45) is 0 Å². The summed E-state index contributed by atoms with van der Waals surface area (Å²) in [6, 6.07) is 10.3. The lowest BCUT2D eigenvalue weighted by Gasteiger charge is -2.30. The van der Waals surface area contributed by atoms with Crippen molar-refractivity contribution in [3.63, 3.8) is 0 Å². The maximum absolute atomic E-state index is 6.17. The molecular weight excluding hydrogens is 224 g/mol. The molecule has 2 heteroatoms. The van der Waals surface area contributed by atoms with Crippen molar-refractivity contribution in [3.8, 4) is 0 Å². The van der Waals surface area contributed by atoms with Crippen molar-refractivity contribution in [1.82, 2.24) is 0 Å². The zero-order valence-electron chi connectivity index (χ0n) is 10.9. The molecule has 1 nitrogen and oxygen atoms in total. The molecule has 0 heterocycles. The predicted molar refractivity (Wildman–Crippen MR) is 77.1 cm³/mol. The highest BCUT2D eigenvalue weighted by atomic mass is 28.4. The van der Waals surface area contributed by atoms with E-state index in [1.165, 1.54) is 5.56 Å². The lowest BCUT2D eigenvalue weighted by atomic mass is 10.2. The van der Waals surface area contributed by atoms with Crippen LogP contribution in [-0.4, -0.2) is 8.32 Å². The van der Waals surface area contributed by atoms with Gasteiger partial charge in [0.05, 0.1) is 6.61 Å². The molecule has 1 aromatic carbocycles. The number of hydrogen-bond acceptors (Lipinski definition) is 1. The van der Waals surface area contributed by atoms with E-state index < -0.39 is 8.32 Å². The van der Waals surface area contributed by atoms with Crippen molar-refractivity contribution in [3.05, 3.63) is 60.5 Å². The van der Waals surface area contributed by atoms with Gasteiger partial charge < -0.3 is 4.43 Å². The first-order valence-corrected chi connectivity index (χ1v) is 8.27. The molecule has 0 radical (unpaired) electrons. The largest absolute Gasteiger partial charge is 0.405 e. The third kappa shape index (κ3) is 3.41. The van der Waals surface area contributed by atoms with Crippen LogP contribution in [0, 0.1) is 0 Å². The quantitative estimate of drug-likeness (QED) is 0.648. The van der Waals surface area contributed by atoms with Gasteiger partial charge in [0.25, 0.3) is 0 Å². The molecule has 0 bridgehead atoms. The Kier molecular flexibility index (Phi) is 5.39. The van der Waals surface area contributed by atoms with Gasteiger partial charge >= 0.3 is 0 Å². The van der Waals surface area contributed by atoms with Crippen LogP contribution in [0.25, 0.3) is 0 Å². The lowest BCUT2D eigenvalue weighted by molar-refractivity contribution is 0.294. The van der Waals surface area contributed by atoms with Crippen LogP contribution in [0.4, 0.5) is 0 Å². The Morgan fingerprint density at radius 3 is 2.29 bits per heavy atom. The SMILES string of the molecule is C=C[Si](C=C)(OCc1ccccc1)C(C)CC. The third-order valence-corrected chi connectivity index (χ3v) is 7.22. The van der Waals surface area contributed by atoms with Gasteiger partial charge in [-0.1, -0.05) is 62.0 Å². The molecule has 0 aliphatic carbocycles. The first-order valence-electron chi connectivity index (χ1n) is 6.13. The fourth-order valence-corrected chi connectivity index (χ4v) is 4.39. The molecular formula is C15H22OSi. The second kappa shape index (κ2) is 6.57. The molecule has 1 aromatic rings. The molecule has 0 aliphatic heterocycles. The van der Waals surface area contributed by atoms with Crippen LogP contribution in [-0.2, 0) is 11.0 Å². The van der Waals surface area contributed by atoms with Gasteiger partial charge in [0.15, 0.2) is 0 Å². The lowest BCUT2D eigenvalue weighted by Crippen LogP contribution is -2.38. The summed E-state index contributed by atoms with van der Waals surface area (Å²) in [4.78, 5) is 0. The molecule has 0 N–H and O–H groups in total. The molecule has 17 heavy (non-hydrogen) atoms. The molecule has 1 rings (SSSR count). The van der Waals surface area contributed by atoms with Gasteiger partial charge in [-0.2, -0.15) is 0 Å². The van der Waals surface area contributed by atoms with Crippen LogP contribution in [0.3, 0.4) is 0 Å². The minimum absolute atomic E-state index is 0.515. The van der Waals surface area contributed by atoms with E-state index in [0.29, 0.717) is 12.1 Å². The Morgan fingerprint density at radius 1 is 1.24 bits per heavy atom. The second-order valence-corrected chi connectivity index (χ2v) is 8.14. The van der Waals surface area contributed by atoms with Crippen LogP contribution in [0.5, 0.6) is 0 Å². The number of benzene rings is 1. The first-order chi connectivity index (χ1) is 8.18. The summed E-state index contributed by atoms with van der Waals surface area (Å²) in [7, 11) is -2.00. The Bertz CT molecular complexity index is 350. The number of rotatable bonds is 7. The maximum atomic E-state index is 6.17. The molecule has 0 saturated carbocycles. The minimum Gasteiger partial charge on any atom is -0.405 e. The fraction of sp³-hybridized carbons (Fsp3) is 0.333. The van der Waals surface area contributed by atoms with Gasteiger partial charge in [-0.3, -0.25) is 0 Å². The van der Waals surface area contributed by atoms with Crippen LogP contribution < -0.4 is 0 Å². The van der Waals surface area contributed by atoms with E-state index in [2.05, 4.69) is 39.1 Å². The van der Waals surface area contributed by atoms with Crippen molar-refractivity contribution < 1.29 is 4.43 Å². The Balaban J connectivity index is 2.74. The maximum Gasteiger partial charge on any atom is 0.243 e. The van der Waals surface area contributed by atoms with Gasteiger partial charge in [-0.05, 0) is 11.1 Å². The van der Waals surface area contributed by atoms with E-state index in [-0.39, 0.29) is 0 Å². The van der Waals surface area contributed by atoms with E-state index in [9.17, 15) is 0 Å². The van der Waals surface area contributed by atoms with E-state index in [1.807, 2.05) is 29.6 Å². The highest BCUT2D eigenvalue weighted by Gasteiger charge is 2.33. The average molecular weight is 246 g/mol. The summed E-state index contributed by atoms with van der Waals surface area (Å²) < 4.78 is 6.17. The highest BCUT2D eigenvalue weighted by Crippen LogP contribution is 2.28. The zero-order chi connectivity index (χ0) is 12.7. The van der Waals surface area contributed by atoms with E-state index >= 15 is 0 Å². The first kappa shape index (κ1) is 13.9. The summed E-state index contributed by atoms with van der Waals surface area (Å²) in [5, 5.41) is 0. The normalized spacial score (nSPS) is 13.1. The minimum atomic E-state index is -2.00. The molecule has 92 valence electrons. The van der Waals surface area contributed by atoms with E-state index in [4.69, 9.17) is 4.43 Å². The third-order valence-electron chi connectivity index (χ3n) is 3.35. The number of hydrogen-bond donors (Lipinski definition) is 0. The standard InChI is InChI=1S/C15H22OSi/c1-5-14(4)17(6-2,7-3)16-13-15-11-9-8-10-12-15/h6-12,14H,2-3,5,13H2,1,4H3. The predicted octanol–water partition coefficient (Wildman–Crippen LogP) is 4.40. The van der Waals surface area contributed by atoms with Gasteiger partial charge in [0.2, 0.25) is 8.32 Å². The molecule has 0 fully saturated rings. The van der Waals surface area contributed by atoms with Crippen molar-refractivity contribution in [1.29, 1.82) is 0 Å². The van der Waals surface area contributed by atoms with Crippen molar-refractivity contribution >= 4 is 8.32 Å². The Hall–Kier alpha value is -1.12. The topological polar surface area (TPSA) is 9.23 Å². The monoisotopic (exact) mass is 246 g/mol. The fourth-order valence-electron chi connectivity index (χ4n) is 1.85. The second-order valence-electron chi connectivity index (χ2n) is 4.35. The van der Waals surface area contributed by atoms with Gasteiger partial charge in [-0.25, -0.2) is 0 Å². The van der Waals surface area contributed by atoms with E-state index in [1.54, 1.807) is 0 Å². The highest BCUT2D eigenvalue weighted by molar-refractivity contribution is 6.84. The molecule has 0 spiro atoms. The molecule has 0 saturated heterocycles. The van der Waals surface area contributed by atoms with Gasteiger partial charge in [0, 0.05) is 0 Å². The van der Waals surface area contributed by atoms with Crippen LogP contribution in [0.15, 0.2) is 54.9 Å². The molecule has 0 aromatic heterocycles. The van der Waals surface area contributed by atoms with Crippen molar-refractivity contribution in [2.45, 2.75) is 32.4 Å². The average Bonchev–Trinajstić information content (AvgIpc) is 2.41. The van der Waals surface area contributed by atoms with Crippen LogP contribution >= 0.6 is 0 Å². The van der Waals surface area contributed by atoms with Gasteiger partial charge in [0.1, 0.15) is 0 Å². The van der Waals surface area contributed by atoms with E-state index in [0.717, 1.165) is 6.42 Å². The summed E-state index contributed by atoms with van der Waals surface area (Å²) in [5.74, 6) is 0. The van der Waals surface area contributed by atoms with Crippen LogP contribution in [0.1, 0.15) is 25.8 Å². The molecule has 1 unspecified atom stereocenters. The Morgan fingerprint density at radius 2 is 1.82 bits per heavy atom. The summed E-state index contributed by atoms with van der Waals surface area (Å²) in [6.07, 6.45) is 1.10. The summed E-state index contributed by atoms with van der Waals surface area (Å²) in [6.45, 7) is 13.0. The molecule has 0 amide bonds. The van der Waals surface area contributed by atoms with Gasteiger partial charge in [-0.15, -0.1) is 13.2 Å². The van der Waals surface area contributed by atoms with Crippen LogP contribution in [0.2, 0.25) is 5.54 Å². The molecule has 1 atom stereocenters. The Labute approximate surface area is 106 Å². The zero-order valence-corrected chi connectivity index (χ0v) is 11.9. The smallest absolute Gasteiger partial charge is 0.243 e. The summed E-state index contributed by atoms with van der Waals surface area (Å²) in [5.41, 5.74) is 5.71. The molecule has 0 aliphatic rings. The summed E-state index contributed by atoms with van der Waals surface area (Å²) >= 11 is 0.